The van der Waals surface area contributed by atoms with Crippen molar-refractivity contribution in [2.24, 2.45) is 0 Å². The van der Waals surface area contributed by atoms with Crippen molar-refractivity contribution in [3.63, 3.8) is 0 Å². The van der Waals surface area contributed by atoms with Gasteiger partial charge in [-0.2, -0.15) is 0 Å². The minimum absolute atomic E-state index is 0.126. The van der Waals surface area contributed by atoms with Gasteiger partial charge in [-0.05, 0) is 19.5 Å². The molecule has 0 aromatic heterocycles. The molecule has 4 heteroatoms. The predicted molar refractivity (Wildman–Crippen MR) is 75.4 cm³/mol. The van der Waals surface area contributed by atoms with Gasteiger partial charge in [-0.3, -0.25) is 4.90 Å². The number of aliphatic hydroxyl groups is 1. The minimum Gasteiger partial charge on any atom is -0.494 e. The predicted octanol–water partition coefficient (Wildman–Crippen LogP) is 2.68. The van der Waals surface area contributed by atoms with Crippen molar-refractivity contribution in [1.82, 2.24) is 4.90 Å². The Labute approximate surface area is 114 Å². The average Bonchev–Trinajstić information content (AvgIpc) is 2.39. The maximum atomic E-state index is 8.98. The summed E-state index contributed by atoms with van der Waals surface area (Å²) in [6, 6.07) is 7.85. The van der Waals surface area contributed by atoms with Crippen molar-refractivity contribution >= 4 is 11.6 Å². The third kappa shape index (κ3) is 4.48. The second kappa shape index (κ2) is 8.35. The first-order chi connectivity index (χ1) is 8.72. The zero-order chi connectivity index (χ0) is 13.4. The van der Waals surface area contributed by atoms with E-state index in [1.165, 1.54) is 0 Å². The number of alkyl halides is 1. The number of aliphatic hydroxyl groups excluding tert-OH is 1. The molecule has 0 radical (unpaired) electrons. The topological polar surface area (TPSA) is 32.7 Å². The number of ether oxygens (including phenoxy) is 1. The molecule has 1 N–H and O–H groups in total. The fourth-order valence-electron chi connectivity index (χ4n) is 1.87. The summed E-state index contributed by atoms with van der Waals surface area (Å²) in [5.41, 5.74) is 1.01. The Morgan fingerprint density at radius 1 is 1.33 bits per heavy atom. The summed E-state index contributed by atoms with van der Waals surface area (Å²) in [6.45, 7) is 7.05. The van der Waals surface area contributed by atoms with Gasteiger partial charge in [0.05, 0.1) is 18.6 Å². The number of hydrogen-bond acceptors (Lipinski definition) is 3. The van der Waals surface area contributed by atoms with Crippen LogP contribution in [0.15, 0.2) is 24.3 Å². The van der Waals surface area contributed by atoms with Crippen LogP contribution in [0, 0.1) is 0 Å². The van der Waals surface area contributed by atoms with Crippen molar-refractivity contribution in [3.05, 3.63) is 29.8 Å². The van der Waals surface area contributed by atoms with Gasteiger partial charge in [-0.25, -0.2) is 0 Å². The monoisotopic (exact) mass is 271 g/mol. The summed E-state index contributed by atoms with van der Waals surface area (Å²) in [5.74, 6) is 0.847. The fourth-order valence-corrected chi connectivity index (χ4v) is 2.25. The van der Waals surface area contributed by atoms with Gasteiger partial charge in [0.25, 0.3) is 0 Å². The van der Waals surface area contributed by atoms with Crippen molar-refractivity contribution in [3.8, 4) is 5.75 Å². The van der Waals surface area contributed by atoms with Gasteiger partial charge in [0, 0.05) is 18.7 Å². The standard InChI is InChI=1S/C14H22ClNO2/c1-3-16(9-10-17)11-13(15)12-7-5-6-8-14(12)18-4-2/h5-8,13,17H,3-4,9-11H2,1-2H3. The van der Waals surface area contributed by atoms with Crippen LogP contribution in [-0.4, -0.2) is 42.9 Å². The van der Waals surface area contributed by atoms with Crippen LogP contribution in [0.5, 0.6) is 5.75 Å². The van der Waals surface area contributed by atoms with Crippen LogP contribution in [-0.2, 0) is 0 Å². The molecular weight excluding hydrogens is 250 g/mol. The fraction of sp³-hybridized carbons (Fsp3) is 0.571. The van der Waals surface area contributed by atoms with Gasteiger partial charge >= 0.3 is 0 Å². The zero-order valence-electron chi connectivity index (χ0n) is 11.1. The molecule has 0 saturated carbocycles. The molecule has 0 aliphatic heterocycles. The summed E-state index contributed by atoms with van der Waals surface area (Å²) in [4.78, 5) is 2.13. The number of halogens is 1. The van der Waals surface area contributed by atoms with Crippen molar-refractivity contribution in [1.29, 1.82) is 0 Å². The van der Waals surface area contributed by atoms with Crippen LogP contribution in [0.1, 0.15) is 24.8 Å². The molecule has 0 fully saturated rings. The molecule has 0 spiro atoms. The number of para-hydroxylation sites is 1. The molecule has 0 bridgehead atoms. The Morgan fingerprint density at radius 2 is 2.06 bits per heavy atom. The van der Waals surface area contributed by atoms with E-state index < -0.39 is 0 Å². The molecule has 0 heterocycles. The van der Waals surface area contributed by atoms with Crippen LogP contribution in [0.4, 0.5) is 0 Å². The van der Waals surface area contributed by atoms with Crippen molar-refractivity contribution in [2.75, 3.05) is 32.8 Å². The van der Waals surface area contributed by atoms with Gasteiger partial charge in [0.15, 0.2) is 0 Å². The van der Waals surface area contributed by atoms with Crippen LogP contribution >= 0.6 is 11.6 Å². The molecule has 1 aromatic carbocycles. The zero-order valence-corrected chi connectivity index (χ0v) is 11.9. The smallest absolute Gasteiger partial charge is 0.124 e. The SMILES string of the molecule is CCOc1ccccc1C(Cl)CN(CC)CCO. The molecular formula is C14H22ClNO2. The van der Waals surface area contributed by atoms with Crippen LogP contribution in [0.3, 0.4) is 0 Å². The van der Waals surface area contributed by atoms with E-state index in [9.17, 15) is 0 Å². The van der Waals surface area contributed by atoms with E-state index in [-0.39, 0.29) is 12.0 Å². The van der Waals surface area contributed by atoms with Gasteiger partial charge in [-0.15, -0.1) is 11.6 Å². The lowest BCUT2D eigenvalue weighted by Crippen LogP contribution is -2.30. The molecule has 0 aliphatic carbocycles. The second-order valence-electron chi connectivity index (χ2n) is 4.06. The highest BCUT2D eigenvalue weighted by Gasteiger charge is 2.16. The third-order valence-corrected chi connectivity index (χ3v) is 3.21. The molecule has 102 valence electrons. The minimum atomic E-state index is -0.126. The lowest BCUT2D eigenvalue weighted by Gasteiger charge is -2.23. The van der Waals surface area contributed by atoms with E-state index in [1.54, 1.807) is 0 Å². The van der Waals surface area contributed by atoms with E-state index in [0.29, 0.717) is 19.7 Å². The van der Waals surface area contributed by atoms with E-state index in [2.05, 4.69) is 11.8 Å². The first kappa shape index (κ1) is 15.3. The molecule has 1 unspecified atom stereocenters. The van der Waals surface area contributed by atoms with Gasteiger partial charge in [-0.1, -0.05) is 25.1 Å². The molecule has 3 nitrogen and oxygen atoms in total. The number of nitrogens with zero attached hydrogens (tertiary/aromatic N) is 1. The quantitative estimate of drug-likeness (QED) is 0.738. The lowest BCUT2D eigenvalue weighted by atomic mass is 10.1. The first-order valence-corrected chi connectivity index (χ1v) is 6.85. The highest BCUT2D eigenvalue weighted by Crippen LogP contribution is 2.30. The van der Waals surface area contributed by atoms with E-state index in [1.807, 2.05) is 31.2 Å². The van der Waals surface area contributed by atoms with E-state index >= 15 is 0 Å². The van der Waals surface area contributed by atoms with Gasteiger partial charge in [0.2, 0.25) is 0 Å². The first-order valence-electron chi connectivity index (χ1n) is 6.41. The number of benzene rings is 1. The summed E-state index contributed by atoms with van der Waals surface area (Å²) in [5, 5.41) is 8.85. The average molecular weight is 272 g/mol. The Morgan fingerprint density at radius 3 is 2.67 bits per heavy atom. The Hall–Kier alpha value is -0.770. The molecule has 18 heavy (non-hydrogen) atoms. The number of likely N-dealkylation sites (N-methyl/N-ethyl adjacent to an activating group) is 1. The lowest BCUT2D eigenvalue weighted by molar-refractivity contribution is 0.201. The van der Waals surface area contributed by atoms with Crippen LogP contribution in [0.2, 0.25) is 0 Å². The van der Waals surface area contributed by atoms with E-state index in [0.717, 1.165) is 17.9 Å². The second-order valence-corrected chi connectivity index (χ2v) is 4.58. The van der Waals surface area contributed by atoms with Crippen molar-refractivity contribution in [2.45, 2.75) is 19.2 Å². The summed E-state index contributed by atoms with van der Waals surface area (Å²) in [7, 11) is 0. The number of rotatable bonds is 8. The largest absolute Gasteiger partial charge is 0.494 e. The maximum Gasteiger partial charge on any atom is 0.124 e. The Kier molecular flexibility index (Phi) is 7.09. The number of hydrogen-bond donors (Lipinski definition) is 1. The normalized spacial score (nSPS) is 12.7. The molecule has 1 atom stereocenters. The summed E-state index contributed by atoms with van der Waals surface area (Å²) >= 11 is 6.45. The van der Waals surface area contributed by atoms with Gasteiger partial charge in [0.1, 0.15) is 5.75 Å². The molecule has 0 amide bonds. The summed E-state index contributed by atoms with van der Waals surface area (Å²) in [6.07, 6.45) is 0. The Balaban J connectivity index is 2.73. The van der Waals surface area contributed by atoms with Crippen LogP contribution in [0.25, 0.3) is 0 Å². The van der Waals surface area contributed by atoms with Gasteiger partial charge < -0.3 is 9.84 Å². The molecule has 1 aromatic rings. The third-order valence-electron chi connectivity index (χ3n) is 2.84. The Bertz CT molecular complexity index is 346. The highest BCUT2D eigenvalue weighted by atomic mass is 35.5. The summed E-state index contributed by atoms with van der Waals surface area (Å²) < 4.78 is 5.58. The highest BCUT2D eigenvalue weighted by molar-refractivity contribution is 6.21. The maximum absolute atomic E-state index is 8.98. The van der Waals surface area contributed by atoms with E-state index in [4.69, 9.17) is 21.4 Å². The molecule has 0 saturated heterocycles. The molecule has 0 aliphatic rings. The van der Waals surface area contributed by atoms with Crippen LogP contribution < -0.4 is 4.74 Å². The van der Waals surface area contributed by atoms with Crippen molar-refractivity contribution < 1.29 is 9.84 Å². The molecule has 1 rings (SSSR count).